The molecule has 16 heavy (non-hydrogen) atoms. The van der Waals surface area contributed by atoms with Crippen molar-refractivity contribution in [3.05, 3.63) is 0 Å². The smallest absolute Gasteiger partial charge is 0.0988 e. The molecule has 3 atom stereocenters. The van der Waals surface area contributed by atoms with Gasteiger partial charge in [-0.05, 0) is 43.9 Å². The number of hydrogen-bond acceptors (Lipinski definition) is 2. The van der Waals surface area contributed by atoms with E-state index < -0.39 is 5.60 Å². The maximum absolute atomic E-state index is 11.2. The van der Waals surface area contributed by atoms with E-state index in [0.717, 1.165) is 38.5 Å². The van der Waals surface area contributed by atoms with Crippen LogP contribution in [0.3, 0.4) is 0 Å². The van der Waals surface area contributed by atoms with Crippen molar-refractivity contribution in [2.75, 3.05) is 7.11 Å². The van der Waals surface area contributed by atoms with Crippen LogP contribution in [-0.2, 0) is 4.74 Å². The average Bonchev–Trinajstić information content (AvgIpc) is 2.31. The monoisotopic (exact) mass is 226 g/mol. The Morgan fingerprint density at radius 1 is 1.06 bits per heavy atom. The van der Waals surface area contributed by atoms with Crippen molar-refractivity contribution >= 4 is 0 Å². The predicted octanol–water partition coefficient (Wildman–Crippen LogP) is 3.28. The molecular weight excluding hydrogens is 200 g/mol. The van der Waals surface area contributed by atoms with E-state index in [4.69, 9.17) is 4.74 Å². The lowest BCUT2D eigenvalue weighted by Gasteiger charge is -2.61. The van der Waals surface area contributed by atoms with Crippen LogP contribution in [0.4, 0.5) is 0 Å². The quantitative estimate of drug-likeness (QED) is 0.783. The fraction of sp³-hybridized carbons (Fsp3) is 1.00. The van der Waals surface area contributed by atoms with Crippen LogP contribution in [0.25, 0.3) is 0 Å². The number of hydrogen-bond donors (Lipinski definition) is 1. The fourth-order valence-corrected chi connectivity index (χ4v) is 4.22. The molecule has 0 amide bonds. The van der Waals surface area contributed by atoms with Gasteiger partial charge in [-0.25, -0.2) is 0 Å². The maximum atomic E-state index is 11.2. The lowest BCUT2D eigenvalue weighted by Crippen LogP contribution is -2.67. The first-order valence-corrected chi connectivity index (χ1v) is 6.81. The van der Waals surface area contributed by atoms with Gasteiger partial charge in [-0.1, -0.05) is 26.7 Å². The fourth-order valence-electron chi connectivity index (χ4n) is 4.22. The normalized spacial score (nSPS) is 48.8. The Morgan fingerprint density at radius 3 is 2.31 bits per heavy atom. The molecule has 0 spiro atoms. The Kier molecular flexibility index (Phi) is 3.09. The predicted molar refractivity (Wildman–Crippen MR) is 65.4 cm³/mol. The summed E-state index contributed by atoms with van der Waals surface area (Å²) in [5.41, 5.74) is -0.810. The molecule has 0 radical (unpaired) electrons. The zero-order chi connectivity index (χ0) is 11.9. The van der Waals surface area contributed by atoms with Gasteiger partial charge in [0.15, 0.2) is 0 Å². The summed E-state index contributed by atoms with van der Waals surface area (Å²) in [5, 5.41) is 11.2. The molecule has 0 aliphatic heterocycles. The summed E-state index contributed by atoms with van der Waals surface area (Å²) in [5.74, 6) is 0. The van der Waals surface area contributed by atoms with Gasteiger partial charge in [0.1, 0.15) is 0 Å². The van der Waals surface area contributed by atoms with E-state index in [1.165, 1.54) is 12.8 Å². The van der Waals surface area contributed by atoms with Gasteiger partial charge < -0.3 is 9.84 Å². The molecule has 0 aromatic carbocycles. The van der Waals surface area contributed by atoms with Crippen molar-refractivity contribution < 1.29 is 9.84 Å². The van der Waals surface area contributed by atoms with E-state index in [9.17, 15) is 5.11 Å². The SMILES string of the molecule is CCC1(C)CCCC2(OC)CCCCC12O. The Balaban J connectivity index is 2.40. The Morgan fingerprint density at radius 2 is 1.69 bits per heavy atom. The summed E-state index contributed by atoms with van der Waals surface area (Å²) in [7, 11) is 1.79. The number of ether oxygens (including phenoxy) is 1. The number of fused-ring (bicyclic) bond motifs is 1. The molecule has 94 valence electrons. The third kappa shape index (κ3) is 1.39. The molecule has 2 fully saturated rings. The topological polar surface area (TPSA) is 29.5 Å². The summed E-state index contributed by atoms with van der Waals surface area (Å²) >= 11 is 0. The lowest BCUT2D eigenvalue weighted by molar-refractivity contribution is -0.265. The molecule has 2 aliphatic rings. The van der Waals surface area contributed by atoms with E-state index in [1.807, 2.05) is 0 Å². The third-order valence-electron chi connectivity index (χ3n) is 5.60. The maximum Gasteiger partial charge on any atom is 0.0988 e. The van der Waals surface area contributed by atoms with Crippen LogP contribution >= 0.6 is 0 Å². The van der Waals surface area contributed by atoms with Gasteiger partial charge in [-0.2, -0.15) is 0 Å². The van der Waals surface area contributed by atoms with Crippen molar-refractivity contribution in [3.63, 3.8) is 0 Å². The third-order valence-corrected chi connectivity index (χ3v) is 5.60. The summed E-state index contributed by atoms with van der Waals surface area (Å²) in [6, 6.07) is 0. The zero-order valence-electron chi connectivity index (χ0n) is 11.0. The van der Waals surface area contributed by atoms with Crippen molar-refractivity contribution in [1.29, 1.82) is 0 Å². The first kappa shape index (κ1) is 12.4. The number of aliphatic hydroxyl groups is 1. The van der Waals surface area contributed by atoms with Gasteiger partial charge in [0, 0.05) is 7.11 Å². The van der Waals surface area contributed by atoms with Crippen molar-refractivity contribution in [1.82, 2.24) is 0 Å². The van der Waals surface area contributed by atoms with Gasteiger partial charge >= 0.3 is 0 Å². The standard InChI is InChI=1S/C14H26O2/c1-4-12(2)8-7-10-13(16-3)9-5-6-11-14(12,13)15/h15H,4-11H2,1-3H3. The Hall–Kier alpha value is -0.0800. The van der Waals surface area contributed by atoms with E-state index >= 15 is 0 Å². The van der Waals surface area contributed by atoms with E-state index in [-0.39, 0.29) is 11.0 Å². The van der Waals surface area contributed by atoms with Gasteiger partial charge in [0.05, 0.1) is 11.2 Å². The molecule has 2 aliphatic carbocycles. The largest absolute Gasteiger partial charge is 0.386 e. The highest BCUT2D eigenvalue weighted by atomic mass is 16.5. The summed E-state index contributed by atoms with van der Waals surface area (Å²) in [6.45, 7) is 4.46. The second-order valence-corrected chi connectivity index (χ2v) is 6.03. The van der Waals surface area contributed by atoms with Crippen LogP contribution in [0.5, 0.6) is 0 Å². The second-order valence-electron chi connectivity index (χ2n) is 6.03. The molecule has 0 aromatic heterocycles. The highest BCUT2D eigenvalue weighted by Gasteiger charge is 2.62. The van der Waals surface area contributed by atoms with Crippen LogP contribution in [0, 0.1) is 5.41 Å². The van der Waals surface area contributed by atoms with Crippen LogP contribution < -0.4 is 0 Å². The van der Waals surface area contributed by atoms with E-state index in [0.29, 0.717) is 0 Å². The van der Waals surface area contributed by atoms with Crippen molar-refractivity contribution in [3.8, 4) is 0 Å². The molecule has 3 unspecified atom stereocenters. The van der Waals surface area contributed by atoms with Gasteiger partial charge in [0.2, 0.25) is 0 Å². The minimum absolute atomic E-state index is 0.0433. The summed E-state index contributed by atoms with van der Waals surface area (Å²) in [6.07, 6.45) is 8.74. The van der Waals surface area contributed by atoms with Gasteiger partial charge in [-0.3, -0.25) is 0 Å². The molecule has 2 nitrogen and oxygen atoms in total. The van der Waals surface area contributed by atoms with Gasteiger partial charge in [0.25, 0.3) is 0 Å². The lowest BCUT2D eigenvalue weighted by atomic mass is 9.51. The molecular formula is C14H26O2. The molecule has 2 heteroatoms. The first-order chi connectivity index (χ1) is 7.54. The zero-order valence-corrected chi connectivity index (χ0v) is 11.0. The average molecular weight is 226 g/mol. The van der Waals surface area contributed by atoms with E-state index in [1.54, 1.807) is 7.11 Å². The van der Waals surface area contributed by atoms with Crippen LogP contribution in [0.1, 0.15) is 65.2 Å². The van der Waals surface area contributed by atoms with Gasteiger partial charge in [-0.15, -0.1) is 0 Å². The molecule has 0 bridgehead atoms. The summed E-state index contributed by atoms with van der Waals surface area (Å²) in [4.78, 5) is 0. The number of rotatable bonds is 2. The summed E-state index contributed by atoms with van der Waals surface area (Å²) < 4.78 is 5.83. The minimum Gasteiger partial charge on any atom is -0.386 e. The van der Waals surface area contributed by atoms with Crippen molar-refractivity contribution in [2.45, 2.75) is 76.4 Å². The Labute approximate surface area is 99.4 Å². The van der Waals surface area contributed by atoms with E-state index in [2.05, 4.69) is 13.8 Å². The second kappa shape index (κ2) is 3.99. The molecule has 2 rings (SSSR count). The molecule has 2 saturated carbocycles. The molecule has 0 aromatic rings. The highest BCUT2D eigenvalue weighted by Crippen LogP contribution is 2.58. The van der Waals surface area contributed by atoms with Crippen LogP contribution in [-0.4, -0.2) is 23.4 Å². The molecule has 0 heterocycles. The molecule has 1 N–H and O–H groups in total. The minimum atomic E-state index is -0.597. The van der Waals surface area contributed by atoms with Crippen LogP contribution in [0.15, 0.2) is 0 Å². The highest BCUT2D eigenvalue weighted by molar-refractivity contribution is 5.14. The van der Waals surface area contributed by atoms with Crippen molar-refractivity contribution in [2.24, 2.45) is 5.41 Å². The molecule has 0 saturated heterocycles. The number of methoxy groups -OCH3 is 1. The first-order valence-electron chi connectivity index (χ1n) is 6.81. The van der Waals surface area contributed by atoms with Crippen LogP contribution in [0.2, 0.25) is 0 Å². The Bertz CT molecular complexity index is 261.